The monoisotopic (exact) mass is 512 g/mol. The SMILES string of the molecule is CCCCCC1CCC(c2ccc(-c3ccc(C(F)(F)Oc4cc(F)c(C)c(F)c4C)cc3)cc2)CC1. The highest BCUT2D eigenvalue weighted by Crippen LogP contribution is 2.39. The molecule has 0 amide bonds. The molecule has 198 valence electrons. The third kappa shape index (κ3) is 6.37. The van der Waals surface area contributed by atoms with Gasteiger partial charge in [-0.2, -0.15) is 8.78 Å². The average molecular weight is 513 g/mol. The van der Waals surface area contributed by atoms with Gasteiger partial charge in [0.1, 0.15) is 17.4 Å². The maximum Gasteiger partial charge on any atom is 0.426 e. The summed E-state index contributed by atoms with van der Waals surface area (Å²) < 4.78 is 62.5. The van der Waals surface area contributed by atoms with Crippen LogP contribution < -0.4 is 4.74 Å². The van der Waals surface area contributed by atoms with Gasteiger partial charge in [-0.3, -0.25) is 0 Å². The van der Waals surface area contributed by atoms with Gasteiger partial charge in [-0.1, -0.05) is 69.0 Å². The highest BCUT2D eigenvalue weighted by Gasteiger charge is 2.35. The zero-order valence-electron chi connectivity index (χ0n) is 21.9. The molecule has 5 heteroatoms. The smallest absolute Gasteiger partial charge is 0.426 e. The Labute approximate surface area is 217 Å². The number of alkyl halides is 2. The van der Waals surface area contributed by atoms with Crippen molar-refractivity contribution in [2.45, 2.75) is 84.2 Å². The van der Waals surface area contributed by atoms with Crippen molar-refractivity contribution in [1.82, 2.24) is 0 Å². The Morgan fingerprint density at radius 2 is 1.41 bits per heavy atom. The topological polar surface area (TPSA) is 9.23 Å². The van der Waals surface area contributed by atoms with Crippen LogP contribution in [0.4, 0.5) is 17.6 Å². The summed E-state index contributed by atoms with van der Waals surface area (Å²) in [6.45, 7) is 4.79. The van der Waals surface area contributed by atoms with Crippen molar-refractivity contribution in [3.05, 3.63) is 88.5 Å². The van der Waals surface area contributed by atoms with E-state index >= 15 is 0 Å². The fraction of sp³-hybridized carbons (Fsp3) is 0.438. The molecule has 3 aromatic carbocycles. The second kappa shape index (κ2) is 11.7. The van der Waals surface area contributed by atoms with Gasteiger partial charge < -0.3 is 4.74 Å². The third-order valence-corrected chi connectivity index (χ3v) is 7.88. The van der Waals surface area contributed by atoms with E-state index in [1.807, 2.05) is 12.1 Å². The van der Waals surface area contributed by atoms with Gasteiger partial charge in [-0.05, 0) is 80.2 Å². The van der Waals surface area contributed by atoms with Gasteiger partial charge in [-0.15, -0.1) is 0 Å². The van der Waals surface area contributed by atoms with E-state index in [2.05, 4.69) is 19.1 Å². The Hall–Kier alpha value is -2.82. The standard InChI is InChI=1S/C32H36F4O/c1-4-5-6-7-23-8-10-24(11-9-23)25-12-14-26(15-13-25)27-16-18-28(19-17-27)32(35,36)37-30-20-29(33)21(2)31(34)22(30)3/h12-20,23-24H,4-11H2,1-3H3. The average Bonchev–Trinajstić information content (AvgIpc) is 2.91. The lowest BCUT2D eigenvalue weighted by Gasteiger charge is -2.29. The maximum absolute atomic E-state index is 14.8. The zero-order valence-corrected chi connectivity index (χ0v) is 21.9. The first-order chi connectivity index (χ1) is 17.7. The van der Waals surface area contributed by atoms with Crippen molar-refractivity contribution in [3.8, 4) is 16.9 Å². The molecule has 0 spiro atoms. The van der Waals surface area contributed by atoms with Crippen LogP contribution in [-0.2, 0) is 6.11 Å². The van der Waals surface area contributed by atoms with E-state index in [1.165, 1.54) is 82.9 Å². The lowest BCUT2D eigenvalue weighted by atomic mass is 9.77. The minimum Gasteiger partial charge on any atom is -0.428 e. The molecule has 1 aliphatic rings. The van der Waals surface area contributed by atoms with Crippen LogP contribution in [-0.4, -0.2) is 0 Å². The van der Waals surface area contributed by atoms with Gasteiger partial charge in [0.05, 0.1) is 5.56 Å². The number of halogens is 4. The molecule has 0 radical (unpaired) electrons. The van der Waals surface area contributed by atoms with Crippen molar-refractivity contribution in [2.24, 2.45) is 5.92 Å². The molecule has 0 unspecified atom stereocenters. The summed E-state index contributed by atoms with van der Waals surface area (Å²) in [6, 6.07) is 15.0. The molecular formula is C32H36F4O. The number of rotatable bonds is 9. The number of hydrogen-bond donors (Lipinski definition) is 0. The second-order valence-corrected chi connectivity index (χ2v) is 10.5. The Kier molecular flexibility index (Phi) is 8.61. The quantitative estimate of drug-likeness (QED) is 0.205. The summed E-state index contributed by atoms with van der Waals surface area (Å²) in [5, 5.41) is 0. The van der Waals surface area contributed by atoms with E-state index in [4.69, 9.17) is 4.74 Å². The van der Waals surface area contributed by atoms with E-state index in [0.717, 1.165) is 23.1 Å². The molecule has 1 nitrogen and oxygen atoms in total. The Morgan fingerprint density at radius 1 is 0.811 bits per heavy atom. The summed E-state index contributed by atoms with van der Waals surface area (Å²) in [5.41, 5.74) is 2.35. The molecule has 0 aromatic heterocycles. The van der Waals surface area contributed by atoms with Crippen molar-refractivity contribution in [1.29, 1.82) is 0 Å². The molecule has 1 fully saturated rings. The zero-order chi connectivity index (χ0) is 26.6. The molecule has 0 saturated heterocycles. The lowest BCUT2D eigenvalue weighted by Crippen LogP contribution is -2.22. The van der Waals surface area contributed by atoms with Crippen LogP contribution in [0, 0.1) is 31.4 Å². The largest absolute Gasteiger partial charge is 0.428 e. The maximum atomic E-state index is 14.8. The van der Waals surface area contributed by atoms with Crippen molar-refractivity contribution < 1.29 is 22.3 Å². The molecule has 3 aromatic rings. The summed E-state index contributed by atoms with van der Waals surface area (Å²) in [7, 11) is 0. The van der Waals surface area contributed by atoms with Crippen LogP contribution in [0.15, 0.2) is 54.6 Å². The molecule has 0 N–H and O–H groups in total. The number of hydrogen-bond acceptors (Lipinski definition) is 1. The molecule has 0 atom stereocenters. The molecule has 4 rings (SSSR count). The van der Waals surface area contributed by atoms with Gasteiger partial charge in [0, 0.05) is 17.2 Å². The van der Waals surface area contributed by atoms with E-state index in [9.17, 15) is 17.6 Å². The summed E-state index contributed by atoms with van der Waals surface area (Å²) in [6.07, 6.45) is 6.64. The van der Waals surface area contributed by atoms with Crippen LogP contribution >= 0.6 is 0 Å². The number of ether oxygens (including phenoxy) is 1. The van der Waals surface area contributed by atoms with Gasteiger partial charge in [0.15, 0.2) is 0 Å². The number of unbranched alkanes of at least 4 members (excludes halogenated alkanes) is 2. The molecule has 0 heterocycles. The van der Waals surface area contributed by atoms with Crippen LogP contribution in [0.2, 0.25) is 0 Å². The lowest BCUT2D eigenvalue weighted by molar-refractivity contribution is -0.185. The van der Waals surface area contributed by atoms with E-state index in [-0.39, 0.29) is 16.7 Å². The van der Waals surface area contributed by atoms with Crippen LogP contribution in [0.5, 0.6) is 5.75 Å². The first kappa shape index (κ1) is 27.2. The predicted molar refractivity (Wildman–Crippen MR) is 141 cm³/mol. The van der Waals surface area contributed by atoms with Crippen LogP contribution in [0.1, 0.15) is 86.5 Å². The third-order valence-electron chi connectivity index (χ3n) is 7.88. The van der Waals surface area contributed by atoms with Gasteiger partial charge >= 0.3 is 6.11 Å². The minimum atomic E-state index is -3.74. The molecule has 0 bridgehead atoms. The Morgan fingerprint density at radius 3 is 2.00 bits per heavy atom. The van der Waals surface area contributed by atoms with Crippen molar-refractivity contribution >= 4 is 0 Å². The Bertz CT molecular complexity index is 1180. The molecule has 37 heavy (non-hydrogen) atoms. The van der Waals surface area contributed by atoms with Crippen molar-refractivity contribution in [2.75, 3.05) is 0 Å². The highest BCUT2D eigenvalue weighted by atomic mass is 19.3. The van der Waals surface area contributed by atoms with Gasteiger partial charge in [0.2, 0.25) is 0 Å². The highest BCUT2D eigenvalue weighted by molar-refractivity contribution is 5.64. The van der Waals surface area contributed by atoms with Gasteiger partial charge in [0.25, 0.3) is 0 Å². The molecule has 1 aliphatic carbocycles. The summed E-state index contributed by atoms with van der Waals surface area (Å²) in [4.78, 5) is 0. The molecule has 0 aliphatic heterocycles. The minimum absolute atomic E-state index is 0.153. The van der Waals surface area contributed by atoms with Gasteiger partial charge in [-0.25, -0.2) is 8.78 Å². The summed E-state index contributed by atoms with van der Waals surface area (Å²) in [5.74, 6) is -0.858. The first-order valence-corrected chi connectivity index (χ1v) is 13.4. The second-order valence-electron chi connectivity index (χ2n) is 10.5. The molecular weight excluding hydrogens is 476 g/mol. The van der Waals surface area contributed by atoms with Crippen LogP contribution in [0.25, 0.3) is 11.1 Å². The van der Waals surface area contributed by atoms with E-state index in [1.54, 1.807) is 12.1 Å². The fourth-order valence-corrected chi connectivity index (χ4v) is 5.40. The van der Waals surface area contributed by atoms with Crippen molar-refractivity contribution in [3.63, 3.8) is 0 Å². The first-order valence-electron chi connectivity index (χ1n) is 13.4. The van der Waals surface area contributed by atoms with E-state index in [0.29, 0.717) is 5.92 Å². The number of benzene rings is 3. The molecule has 1 saturated carbocycles. The normalized spacial score (nSPS) is 18.1. The van der Waals surface area contributed by atoms with E-state index < -0.39 is 23.5 Å². The Balaban J connectivity index is 1.40. The predicted octanol–water partition coefficient (Wildman–Crippen LogP) is 10.2. The summed E-state index contributed by atoms with van der Waals surface area (Å²) >= 11 is 0. The van der Waals surface area contributed by atoms with Crippen LogP contribution in [0.3, 0.4) is 0 Å². The fourth-order valence-electron chi connectivity index (χ4n) is 5.40.